The normalized spacial score (nSPS) is 27.0. The molecule has 1 saturated heterocycles. The van der Waals surface area contributed by atoms with Crippen LogP contribution in [-0.4, -0.2) is 26.1 Å². The third-order valence-corrected chi connectivity index (χ3v) is 3.02. The molecule has 0 radical (unpaired) electrons. The molecule has 0 spiro atoms. The van der Waals surface area contributed by atoms with Crippen LogP contribution in [0.4, 0.5) is 0 Å². The summed E-state index contributed by atoms with van der Waals surface area (Å²) in [5.41, 5.74) is 1.27. The van der Waals surface area contributed by atoms with E-state index < -0.39 is 0 Å². The molecule has 0 amide bonds. The average Bonchev–Trinajstić information content (AvgIpc) is 2.83. The van der Waals surface area contributed by atoms with Crippen molar-refractivity contribution in [2.45, 2.75) is 45.3 Å². The number of rotatable bonds is 5. The highest BCUT2D eigenvalue weighted by Gasteiger charge is 2.16. The summed E-state index contributed by atoms with van der Waals surface area (Å²) in [5.74, 6) is 0.932. The Kier molecular flexibility index (Phi) is 5.08. The molecule has 2 rings (SSSR count). The minimum absolute atomic E-state index is 0.0306. The quantitative estimate of drug-likeness (QED) is 0.736. The van der Waals surface area contributed by atoms with E-state index in [9.17, 15) is 0 Å². The average molecular weight is 238 g/mol. The lowest BCUT2D eigenvalue weighted by molar-refractivity contribution is -0.161. The molecular formula is C14H22O3. The van der Waals surface area contributed by atoms with Gasteiger partial charge in [0.05, 0.1) is 0 Å². The summed E-state index contributed by atoms with van der Waals surface area (Å²) in [6.07, 6.45) is 9.97. The van der Waals surface area contributed by atoms with Crippen molar-refractivity contribution in [3.8, 4) is 0 Å². The Bertz CT molecular complexity index is 288. The van der Waals surface area contributed by atoms with E-state index in [1.807, 2.05) is 0 Å². The standard InChI is InChI=1S/C14H22O3/c1-2-3-6-12-9-13(16-10-12)11-17-14-7-4-5-8-15-14/h6,9,14H,2-5,7-8,10-11H2,1H3/b12-6-. The summed E-state index contributed by atoms with van der Waals surface area (Å²) in [4.78, 5) is 0. The summed E-state index contributed by atoms with van der Waals surface area (Å²) in [6.45, 7) is 4.24. The van der Waals surface area contributed by atoms with Crippen LogP contribution in [-0.2, 0) is 14.2 Å². The monoisotopic (exact) mass is 238 g/mol. The van der Waals surface area contributed by atoms with Crippen LogP contribution in [0.5, 0.6) is 0 Å². The molecular weight excluding hydrogens is 216 g/mol. The van der Waals surface area contributed by atoms with Crippen molar-refractivity contribution in [1.29, 1.82) is 0 Å². The Balaban J connectivity index is 1.72. The van der Waals surface area contributed by atoms with Crippen molar-refractivity contribution in [1.82, 2.24) is 0 Å². The zero-order valence-corrected chi connectivity index (χ0v) is 10.6. The lowest BCUT2D eigenvalue weighted by Gasteiger charge is -2.22. The van der Waals surface area contributed by atoms with Crippen molar-refractivity contribution >= 4 is 0 Å². The van der Waals surface area contributed by atoms with E-state index in [1.165, 1.54) is 18.4 Å². The van der Waals surface area contributed by atoms with Gasteiger partial charge < -0.3 is 14.2 Å². The molecule has 1 fully saturated rings. The summed E-state index contributed by atoms with van der Waals surface area (Å²) in [6, 6.07) is 0. The Morgan fingerprint density at radius 2 is 2.41 bits per heavy atom. The maximum absolute atomic E-state index is 5.68. The van der Waals surface area contributed by atoms with Crippen molar-refractivity contribution < 1.29 is 14.2 Å². The van der Waals surface area contributed by atoms with Gasteiger partial charge in [-0.3, -0.25) is 0 Å². The zero-order valence-electron chi connectivity index (χ0n) is 10.6. The Hall–Kier alpha value is -0.800. The maximum Gasteiger partial charge on any atom is 0.158 e. The van der Waals surface area contributed by atoms with Gasteiger partial charge in [0, 0.05) is 6.61 Å². The van der Waals surface area contributed by atoms with Crippen LogP contribution in [0.15, 0.2) is 23.5 Å². The van der Waals surface area contributed by atoms with E-state index in [4.69, 9.17) is 14.2 Å². The number of ether oxygens (including phenoxy) is 3. The molecule has 0 aromatic carbocycles. The summed E-state index contributed by atoms with van der Waals surface area (Å²) in [5, 5.41) is 0. The van der Waals surface area contributed by atoms with Gasteiger partial charge in [-0.2, -0.15) is 0 Å². The number of hydrogen-bond acceptors (Lipinski definition) is 3. The second-order valence-corrected chi connectivity index (χ2v) is 4.57. The predicted molar refractivity (Wildman–Crippen MR) is 66.6 cm³/mol. The highest BCUT2D eigenvalue weighted by atomic mass is 16.7. The van der Waals surface area contributed by atoms with Crippen LogP contribution in [0, 0.1) is 0 Å². The number of allylic oxidation sites excluding steroid dienone is 1. The summed E-state index contributed by atoms with van der Waals surface area (Å²) < 4.78 is 16.8. The Morgan fingerprint density at radius 1 is 1.47 bits per heavy atom. The van der Waals surface area contributed by atoms with Gasteiger partial charge in [0.25, 0.3) is 0 Å². The molecule has 0 saturated carbocycles. The summed E-state index contributed by atoms with van der Waals surface area (Å²) in [7, 11) is 0. The second kappa shape index (κ2) is 6.82. The first kappa shape index (κ1) is 12.7. The van der Waals surface area contributed by atoms with Gasteiger partial charge in [-0.1, -0.05) is 19.4 Å². The van der Waals surface area contributed by atoms with Gasteiger partial charge >= 0.3 is 0 Å². The lowest BCUT2D eigenvalue weighted by atomic mass is 10.2. The fourth-order valence-electron chi connectivity index (χ4n) is 2.01. The predicted octanol–water partition coefficient (Wildman–Crippen LogP) is 3.17. The van der Waals surface area contributed by atoms with Crippen molar-refractivity contribution in [2.75, 3.05) is 19.8 Å². The van der Waals surface area contributed by atoms with E-state index in [-0.39, 0.29) is 6.29 Å². The smallest absolute Gasteiger partial charge is 0.158 e. The number of unbranched alkanes of at least 4 members (excludes halogenated alkanes) is 1. The van der Waals surface area contributed by atoms with Gasteiger partial charge in [0.2, 0.25) is 0 Å². The molecule has 96 valence electrons. The van der Waals surface area contributed by atoms with Crippen LogP contribution < -0.4 is 0 Å². The fraction of sp³-hybridized carbons (Fsp3) is 0.714. The molecule has 17 heavy (non-hydrogen) atoms. The first-order chi connectivity index (χ1) is 8.38. The molecule has 0 aromatic rings. The highest BCUT2D eigenvalue weighted by molar-refractivity contribution is 5.26. The molecule has 3 nitrogen and oxygen atoms in total. The minimum atomic E-state index is -0.0306. The van der Waals surface area contributed by atoms with Gasteiger partial charge in [-0.15, -0.1) is 0 Å². The Labute approximate surface area is 103 Å². The van der Waals surface area contributed by atoms with Crippen molar-refractivity contribution in [2.24, 2.45) is 0 Å². The molecule has 2 heterocycles. The van der Waals surface area contributed by atoms with Crippen LogP contribution in [0.2, 0.25) is 0 Å². The van der Waals surface area contributed by atoms with Crippen LogP contribution in [0.1, 0.15) is 39.0 Å². The molecule has 2 aliphatic heterocycles. The molecule has 0 bridgehead atoms. The molecule has 0 aliphatic carbocycles. The third-order valence-electron chi connectivity index (χ3n) is 3.02. The molecule has 0 N–H and O–H groups in total. The molecule has 0 aromatic heterocycles. The van der Waals surface area contributed by atoms with E-state index in [1.54, 1.807) is 0 Å². The van der Waals surface area contributed by atoms with Crippen LogP contribution >= 0.6 is 0 Å². The van der Waals surface area contributed by atoms with Gasteiger partial charge in [0.1, 0.15) is 19.0 Å². The third kappa shape index (κ3) is 4.17. The molecule has 2 aliphatic rings. The minimum Gasteiger partial charge on any atom is -0.491 e. The first-order valence-electron chi connectivity index (χ1n) is 6.64. The van der Waals surface area contributed by atoms with Gasteiger partial charge in [-0.25, -0.2) is 0 Å². The fourth-order valence-corrected chi connectivity index (χ4v) is 2.01. The Morgan fingerprint density at radius 3 is 3.18 bits per heavy atom. The molecule has 3 heteroatoms. The topological polar surface area (TPSA) is 27.7 Å². The largest absolute Gasteiger partial charge is 0.491 e. The van der Waals surface area contributed by atoms with Crippen LogP contribution in [0.3, 0.4) is 0 Å². The first-order valence-corrected chi connectivity index (χ1v) is 6.64. The maximum atomic E-state index is 5.68. The second-order valence-electron chi connectivity index (χ2n) is 4.57. The van der Waals surface area contributed by atoms with Gasteiger partial charge in [0.15, 0.2) is 6.29 Å². The molecule has 1 atom stereocenters. The van der Waals surface area contributed by atoms with E-state index >= 15 is 0 Å². The highest BCUT2D eigenvalue weighted by Crippen LogP contribution is 2.19. The zero-order chi connectivity index (χ0) is 11.9. The van der Waals surface area contributed by atoms with Crippen molar-refractivity contribution in [3.63, 3.8) is 0 Å². The molecule has 1 unspecified atom stereocenters. The van der Waals surface area contributed by atoms with Crippen molar-refractivity contribution in [3.05, 3.63) is 23.5 Å². The van der Waals surface area contributed by atoms with E-state index in [2.05, 4.69) is 19.1 Å². The van der Waals surface area contributed by atoms with Crippen LogP contribution in [0.25, 0.3) is 0 Å². The number of hydrogen-bond donors (Lipinski definition) is 0. The van der Waals surface area contributed by atoms with E-state index in [0.717, 1.165) is 31.6 Å². The summed E-state index contributed by atoms with van der Waals surface area (Å²) >= 11 is 0. The van der Waals surface area contributed by atoms with Gasteiger partial charge in [-0.05, 0) is 37.3 Å². The lowest BCUT2D eigenvalue weighted by Crippen LogP contribution is -2.23. The van der Waals surface area contributed by atoms with E-state index in [0.29, 0.717) is 13.2 Å². The SMILES string of the molecule is CCC/C=C1/C=C(COC2CCCCO2)OC1.